The molecule has 1 aromatic carbocycles. The molecule has 0 saturated heterocycles. The van der Waals surface area contributed by atoms with Crippen molar-refractivity contribution in [2.75, 3.05) is 6.54 Å². The van der Waals surface area contributed by atoms with Crippen LogP contribution in [0.1, 0.15) is 22.3 Å². The molecule has 2 amide bonds. The number of carbonyl (C=O) groups excluding carboxylic acids is 2. The van der Waals surface area contributed by atoms with Gasteiger partial charge in [0.05, 0.1) is 17.4 Å². The molecule has 21 heavy (non-hydrogen) atoms. The van der Waals surface area contributed by atoms with Crippen LogP contribution in [-0.2, 0) is 11.3 Å². The van der Waals surface area contributed by atoms with Crippen LogP contribution in [-0.4, -0.2) is 28.1 Å². The third-order valence-electron chi connectivity index (χ3n) is 2.92. The molecule has 0 spiro atoms. The van der Waals surface area contributed by atoms with Gasteiger partial charge in [0.15, 0.2) is 0 Å². The number of hydrogen-bond donors (Lipinski definition) is 3. The minimum absolute atomic E-state index is 0.104. The molecule has 7 heteroatoms. The topological polar surface area (TPSA) is 116 Å². The lowest BCUT2D eigenvalue weighted by atomic mass is 10.1. The molecule has 1 heterocycles. The summed E-state index contributed by atoms with van der Waals surface area (Å²) in [5, 5.41) is 6.85. The van der Waals surface area contributed by atoms with Crippen molar-refractivity contribution in [1.29, 1.82) is 0 Å². The van der Waals surface area contributed by atoms with Crippen molar-refractivity contribution in [2.24, 2.45) is 11.5 Å². The summed E-state index contributed by atoms with van der Waals surface area (Å²) in [7, 11) is 0. The minimum Gasteiger partial charge on any atom is -0.370 e. The van der Waals surface area contributed by atoms with E-state index in [-0.39, 0.29) is 18.9 Å². The number of carbonyl (C=O) groups is 2. The highest BCUT2D eigenvalue weighted by molar-refractivity contribution is 5.97. The van der Waals surface area contributed by atoms with E-state index in [1.165, 1.54) is 0 Å². The number of para-hydroxylation sites is 1. The molecule has 0 bridgehead atoms. The van der Waals surface area contributed by atoms with Crippen LogP contribution >= 0.6 is 0 Å². The van der Waals surface area contributed by atoms with Crippen molar-refractivity contribution in [3.63, 3.8) is 0 Å². The van der Waals surface area contributed by atoms with Crippen molar-refractivity contribution < 1.29 is 9.59 Å². The quantitative estimate of drug-likeness (QED) is 0.690. The maximum atomic E-state index is 12.2. The Morgan fingerprint density at radius 1 is 1.29 bits per heavy atom. The van der Waals surface area contributed by atoms with Crippen molar-refractivity contribution in [2.45, 2.75) is 13.0 Å². The van der Waals surface area contributed by atoms with Gasteiger partial charge in [0, 0.05) is 31.3 Å². The summed E-state index contributed by atoms with van der Waals surface area (Å²) in [6.07, 6.45) is 3.53. The Kier molecular flexibility index (Phi) is 4.68. The van der Waals surface area contributed by atoms with Crippen molar-refractivity contribution in [3.05, 3.63) is 47.8 Å². The number of rotatable bonds is 6. The molecule has 2 aromatic rings. The lowest BCUT2D eigenvalue weighted by Gasteiger charge is -2.09. The van der Waals surface area contributed by atoms with Crippen LogP contribution in [0, 0.1) is 0 Å². The number of nitrogens with zero attached hydrogens (tertiary/aromatic N) is 2. The molecule has 7 nitrogen and oxygen atoms in total. The predicted octanol–water partition coefficient (Wildman–Crippen LogP) is -0.0638. The molecule has 0 aliphatic rings. The van der Waals surface area contributed by atoms with E-state index in [2.05, 4.69) is 10.4 Å². The summed E-state index contributed by atoms with van der Waals surface area (Å²) in [5.41, 5.74) is 12.6. The van der Waals surface area contributed by atoms with E-state index in [4.69, 9.17) is 11.5 Å². The Morgan fingerprint density at radius 3 is 2.71 bits per heavy atom. The highest BCUT2D eigenvalue weighted by Gasteiger charge is 2.13. The third-order valence-corrected chi connectivity index (χ3v) is 2.92. The maximum Gasteiger partial charge on any atom is 0.253 e. The van der Waals surface area contributed by atoms with E-state index < -0.39 is 5.91 Å². The van der Waals surface area contributed by atoms with Crippen LogP contribution < -0.4 is 16.8 Å². The summed E-state index contributed by atoms with van der Waals surface area (Å²) < 4.78 is 1.60. The normalized spacial score (nSPS) is 10.3. The smallest absolute Gasteiger partial charge is 0.253 e. The number of benzene rings is 1. The van der Waals surface area contributed by atoms with E-state index in [1.54, 1.807) is 35.3 Å². The zero-order valence-corrected chi connectivity index (χ0v) is 11.5. The van der Waals surface area contributed by atoms with Gasteiger partial charge in [0.2, 0.25) is 5.91 Å². The average Bonchev–Trinajstić information content (AvgIpc) is 2.95. The average molecular weight is 287 g/mol. The van der Waals surface area contributed by atoms with E-state index in [9.17, 15) is 9.59 Å². The summed E-state index contributed by atoms with van der Waals surface area (Å²) in [6, 6.07) is 7.06. The molecule has 0 saturated carbocycles. The lowest BCUT2D eigenvalue weighted by molar-refractivity contribution is -0.117. The zero-order valence-electron chi connectivity index (χ0n) is 11.5. The van der Waals surface area contributed by atoms with Crippen LogP contribution in [0.2, 0.25) is 0 Å². The summed E-state index contributed by atoms with van der Waals surface area (Å²) in [5.74, 6) is -0.736. The van der Waals surface area contributed by atoms with Crippen molar-refractivity contribution in [1.82, 2.24) is 15.1 Å². The molecule has 0 fully saturated rings. The van der Waals surface area contributed by atoms with Gasteiger partial charge >= 0.3 is 0 Å². The highest BCUT2D eigenvalue weighted by Crippen LogP contribution is 2.14. The largest absolute Gasteiger partial charge is 0.370 e. The third kappa shape index (κ3) is 3.67. The molecule has 0 unspecified atom stereocenters. The van der Waals surface area contributed by atoms with Gasteiger partial charge in [-0.15, -0.1) is 0 Å². The number of aromatic nitrogens is 2. The van der Waals surface area contributed by atoms with Gasteiger partial charge in [0.1, 0.15) is 0 Å². The highest BCUT2D eigenvalue weighted by atomic mass is 16.2. The zero-order chi connectivity index (χ0) is 15.2. The second-order valence-corrected chi connectivity index (χ2v) is 4.49. The SMILES string of the molecule is NCc1cnn(-c2ccccc2C(=O)NCCC(N)=O)c1. The Bertz CT molecular complexity index is 650. The van der Waals surface area contributed by atoms with E-state index in [0.717, 1.165) is 5.56 Å². The van der Waals surface area contributed by atoms with E-state index >= 15 is 0 Å². The van der Waals surface area contributed by atoms with Gasteiger partial charge in [-0.1, -0.05) is 12.1 Å². The molecule has 5 N–H and O–H groups in total. The summed E-state index contributed by atoms with van der Waals surface area (Å²) in [6.45, 7) is 0.586. The number of amides is 2. The number of hydrogen-bond acceptors (Lipinski definition) is 4. The monoisotopic (exact) mass is 287 g/mol. The fourth-order valence-electron chi connectivity index (χ4n) is 1.86. The molecule has 110 valence electrons. The Balaban J connectivity index is 2.20. The molecular weight excluding hydrogens is 270 g/mol. The van der Waals surface area contributed by atoms with E-state index in [0.29, 0.717) is 17.8 Å². The van der Waals surface area contributed by atoms with Crippen molar-refractivity contribution >= 4 is 11.8 Å². The van der Waals surface area contributed by atoms with Crippen LogP contribution in [0.4, 0.5) is 0 Å². The van der Waals surface area contributed by atoms with Gasteiger partial charge < -0.3 is 16.8 Å². The van der Waals surface area contributed by atoms with Crippen LogP contribution in [0.15, 0.2) is 36.7 Å². The molecule has 2 rings (SSSR count). The minimum atomic E-state index is -0.455. The summed E-state index contributed by atoms with van der Waals surface area (Å²) in [4.78, 5) is 22.9. The molecule has 0 atom stereocenters. The second-order valence-electron chi connectivity index (χ2n) is 4.49. The first-order valence-corrected chi connectivity index (χ1v) is 6.51. The fraction of sp³-hybridized carbons (Fsp3) is 0.214. The van der Waals surface area contributed by atoms with Crippen molar-refractivity contribution in [3.8, 4) is 5.69 Å². The first-order chi connectivity index (χ1) is 10.1. The maximum absolute atomic E-state index is 12.2. The Labute approximate surface area is 121 Å². The number of nitrogens with two attached hydrogens (primary N) is 2. The van der Waals surface area contributed by atoms with Crippen LogP contribution in [0.3, 0.4) is 0 Å². The molecule has 0 aliphatic heterocycles. The number of nitrogens with one attached hydrogen (secondary N) is 1. The Morgan fingerprint density at radius 2 is 2.05 bits per heavy atom. The van der Waals surface area contributed by atoms with Gasteiger partial charge in [0.25, 0.3) is 5.91 Å². The fourth-order valence-corrected chi connectivity index (χ4v) is 1.86. The molecular formula is C14H17N5O2. The van der Waals surface area contributed by atoms with Crippen LogP contribution in [0.25, 0.3) is 5.69 Å². The van der Waals surface area contributed by atoms with Gasteiger partial charge in [-0.05, 0) is 12.1 Å². The van der Waals surface area contributed by atoms with E-state index in [1.807, 2.05) is 6.07 Å². The van der Waals surface area contributed by atoms with Gasteiger partial charge in [-0.2, -0.15) is 5.10 Å². The second kappa shape index (κ2) is 6.67. The van der Waals surface area contributed by atoms with Gasteiger partial charge in [-0.3, -0.25) is 9.59 Å². The first kappa shape index (κ1) is 14.7. The van der Waals surface area contributed by atoms with Crippen LogP contribution in [0.5, 0.6) is 0 Å². The lowest BCUT2D eigenvalue weighted by Crippen LogP contribution is -2.28. The van der Waals surface area contributed by atoms with Gasteiger partial charge in [-0.25, -0.2) is 4.68 Å². The number of primary amides is 1. The molecule has 1 aromatic heterocycles. The molecule has 0 aliphatic carbocycles. The molecule has 0 radical (unpaired) electrons. The predicted molar refractivity (Wildman–Crippen MR) is 77.6 cm³/mol. The Hall–Kier alpha value is -2.67. The standard InChI is InChI=1S/C14H17N5O2/c15-7-10-8-18-19(9-10)12-4-2-1-3-11(12)14(21)17-6-5-13(16)20/h1-4,8-9H,5-7,15H2,(H2,16,20)(H,17,21). The summed E-state index contributed by atoms with van der Waals surface area (Å²) >= 11 is 0. The first-order valence-electron chi connectivity index (χ1n) is 6.51.